The van der Waals surface area contributed by atoms with Crippen molar-refractivity contribution in [2.45, 2.75) is 76.8 Å². The van der Waals surface area contributed by atoms with Gasteiger partial charge in [0.1, 0.15) is 0 Å². The maximum Gasteiger partial charge on any atom is 1.00 e. The van der Waals surface area contributed by atoms with Crippen LogP contribution in [0, 0.1) is 0 Å². The molecule has 0 atom stereocenters. The fourth-order valence-electron chi connectivity index (χ4n) is 2.01. The molecular weight excluding hydrogens is 332 g/mol. The van der Waals surface area contributed by atoms with Crippen molar-refractivity contribution in [2.24, 2.45) is 0 Å². The van der Waals surface area contributed by atoms with Gasteiger partial charge in [-0.1, -0.05) is 51.4 Å². The monoisotopic (exact) mass is 357 g/mol. The molecule has 0 heterocycles. The first kappa shape index (κ1) is 24.9. The second kappa shape index (κ2) is 14.0. The average Bonchev–Trinajstić information content (AvgIpc) is 2.32. The smallest absolute Gasteiger partial charge is 0.264 e. The van der Waals surface area contributed by atoms with E-state index in [-0.39, 0.29) is 42.6 Å². The molecule has 0 rings (SSSR count). The summed E-state index contributed by atoms with van der Waals surface area (Å²) in [6, 6.07) is 0. The molecule has 0 aromatic carbocycles. The molecule has 0 aromatic heterocycles. The van der Waals surface area contributed by atoms with Crippen molar-refractivity contribution in [3.05, 3.63) is 0 Å². The fraction of sp³-hybridized carbons (Fsp3) is 1.00. The van der Waals surface area contributed by atoms with E-state index in [4.69, 9.17) is 4.55 Å². The second-order valence-corrected chi connectivity index (χ2v) is 6.24. The number of alkyl halides is 3. The predicted octanol–water partition coefficient (Wildman–Crippen LogP) is 1.66. The van der Waals surface area contributed by atoms with Gasteiger partial charge in [-0.3, -0.25) is 4.55 Å². The third-order valence-corrected chi connectivity index (χ3v) is 3.55. The Morgan fingerprint density at radius 2 is 1.14 bits per heavy atom. The zero-order valence-electron chi connectivity index (χ0n) is 13.2. The molecule has 4 nitrogen and oxygen atoms in total. The van der Waals surface area contributed by atoms with E-state index in [0.29, 0.717) is 12.8 Å². The van der Waals surface area contributed by atoms with E-state index >= 15 is 0 Å². The van der Waals surface area contributed by atoms with Crippen molar-refractivity contribution in [1.82, 2.24) is 0 Å². The van der Waals surface area contributed by atoms with E-state index in [1.54, 1.807) is 0 Å². The Hall–Kier alpha value is 0.660. The average molecular weight is 357 g/mol. The zero-order valence-corrected chi connectivity index (χ0v) is 16.0. The summed E-state index contributed by atoms with van der Waals surface area (Å²) >= 11 is 0. The van der Waals surface area contributed by atoms with Crippen LogP contribution in [0.1, 0.15) is 70.6 Å². The minimum atomic E-state index is -4.32. The van der Waals surface area contributed by atoms with Crippen LogP contribution < -0.4 is 29.6 Å². The number of hydrogen-bond acceptors (Lipinski definition) is 3. The fourth-order valence-corrected chi connectivity index (χ4v) is 2.33. The van der Waals surface area contributed by atoms with E-state index in [1.807, 2.05) is 0 Å². The van der Waals surface area contributed by atoms with E-state index < -0.39 is 23.0 Å². The van der Waals surface area contributed by atoms with Crippen molar-refractivity contribution in [2.75, 3.05) is 6.61 Å². The van der Waals surface area contributed by atoms with E-state index in [9.17, 15) is 21.6 Å². The zero-order chi connectivity index (χ0) is 16.2. The van der Waals surface area contributed by atoms with Crippen LogP contribution in [0.5, 0.6) is 0 Å². The molecule has 0 aromatic rings. The van der Waals surface area contributed by atoms with Crippen LogP contribution in [0.3, 0.4) is 0 Å². The van der Waals surface area contributed by atoms with Crippen LogP contribution in [0.2, 0.25) is 0 Å². The minimum Gasteiger partial charge on any atom is -0.264 e. The molecule has 0 aliphatic heterocycles. The van der Waals surface area contributed by atoms with Gasteiger partial charge in [-0.25, -0.2) is 4.18 Å². The summed E-state index contributed by atoms with van der Waals surface area (Å²) < 4.78 is 68.6. The Morgan fingerprint density at radius 3 is 1.50 bits per heavy atom. The van der Waals surface area contributed by atoms with Gasteiger partial charge in [0.15, 0.2) is 0 Å². The van der Waals surface area contributed by atoms with Gasteiger partial charge in [-0.05, 0) is 12.8 Å². The van der Waals surface area contributed by atoms with Crippen molar-refractivity contribution in [3.8, 4) is 0 Å². The largest absolute Gasteiger partial charge is 1.00 e. The molecule has 0 amide bonds. The summed E-state index contributed by atoms with van der Waals surface area (Å²) in [5.41, 5.74) is 0. The van der Waals surface area contributed by atoms with Crippen LogP contribution >= 0.6 is 0 Å². The molecule has 0 aliphatic rings. The van der Waals surface area contributed by atoms with Gasteiger partial charge >= 0.3 is 46.1 Å². The molecule has 0 unspecified atom stereocenters. The van der Waals surface area contributed by atoms with Gasteiger partial charge in [0.2, 0.25) is 0 Å². The summed E-state index contributed by atoms with van der Waals surface area (Å²) in [7, 11) is -4.32. The van der Waals surface area contributed by atoms with Crippen LogP contribution in [0.25, 0.3) is 0 Å². The van der Waals surface area contributed by atoms with Crippen LogP contribution in [0.15, 0.2) is 0 Å². The predicted molar refractivity (Wildman–Crippen MR) is 74.3 cm³/mol. The Bertz CT molecular complexity index is 348. The molecule has 22 heavy (non-hydrogen) atoms. The maximum absolute atomic E-state index is 11.9. The van der Waals surface area contributed by atoms with Crippen molar-refractivity contribution >= 4 is 10.4 Å². The third-order valence-electron chi connectivity index (χ3n) is 3.09. The SMILES string of the molecule is O=S(=O)(O)OCCCCCCCCCCCCC(F)(F)F.[Na+]. The third kappa shape index (κ3) is 22.9. The van der Waals surface area contributed by atoms with E-state index in [1.165, 1.54) is 0 Å². The van der Waals surface area contributed by atoms with Gasteiger partial charge in [-0.15, -0.1) is 0 Å². The minimum absolute atomic E-state index is 0. The Labute approximate surface area is 153 Å². The summed E-state index contributed by atoms with van der Waals surface area (Å²) in [6.45, 7) is -0.00195. The molecule has 128 valence electrons. The summed E-state index contributed by atoms with van der Waals surface area (Å²) in [4.78, 5) is 0. The Balaban J connectivity index is 0. The molecule has 9 heteroatoms. The molecule has 0 saturated carbocycles. The molecule has 0 fully saturated rings. The molecule has 0 radical (unpaired) electrons. The molecule has 0 spiro atoms. The Morgan fingerprint density at radius 1 is 0.773 bits per heavy atom. The van der Waals surface area contributed by atoms with Gasteiger partial charge in [0, 0.05) is 6.42 Å². The van der Waals surface area contributed by atoms with Crippen LogP contribution in [-0.2, 0) is 14.6 Å². The molecule has 0 aliphatic carbocycles. The molecular formula is C13H25F3NaO4S+. The second-order valence-electron chi connectivity index (χ2n) is 5.15. The van der Waals surface area contributed by atoms with Gasteiger partial charge in [0.05, 0.1) is 6.61 Å². The first-order valence-corrected chi connectivity index (χ1v) is 8.76. The van der Waals surface area contributed by atoms with Gasteiger partial charge < -0.3 is 0 Å². The van der Waals surface area contributed by atoms with Crippen molar-refractivity contribution < 1.29 is 59.9 Å². The van der Waals surface area contributed by atoms with E-state index in [2.05, 4.69) is 4.18 Å². The number of halogens is 3. The van der Waals surface area contributed by atoms with Crippen LogP contribution in [-0.4, -0.2) is 25.8 Å². The first-order chi connectivity index (χ1) is 9.71. The van der Waals surface area contributed by atoms with Crippen molar-refractivity contribution in [3.63, 3.8) is 0 Å². The van der Waals surface area contributed by atoms with Crippen LogP contribution in [0.4, 0.5) is 13.2 Å². The number of unbranched alkanes of at least 4 members (excludes halogenated alkanes) is 9. The topological polar surface area (TPSA) is 63.6 Å². The van der Waals surface area contributed by atoms with Gasteiger partial charge in [-0.2, -0.15) is 21.6 Å². The summed E-state index contributed by atoms with van der Waals surface area (Å²) in [5, 5.41) is 0. The van der Waals surface area contributed by atoms with Crippen molar-refractivity contribution in [1.29, 1.82) is 0 Å². The van der Waals surface area contributed by atoms with Gasteiger partial charge in [0.25, 0.3) is 0 Å². The maximum atomic E-state index is 11.9. The first-order valence-electron chi connectivity index (χ1n) is 7.39. The number of hydrogen-bond donors (Lipinski definition) is 1. The van der Waals surface area contributed by atoms with E-state index in [0.717, 1.165) is 44.9 Å². The summed E-state index contributed by atoms with van der Waals surface area (Å²) in [5.74, 6) is 0. The number of rotatable bonds is 13. The molecule has 0 bridgehead atoms. The standard InChI is InChI=1S/C13H25F3O4S.Na/c14-13(15,16)11-9-7-5-3-1-2-4-6-8-10-12-20-21(17,18)19;/h1-12H2,(H,17,18,19);/q;+1. The normalized spacial score (nSPS) is 12.2. The molecule has 0 saturated heterocycles. The quantitative estimate of drug-likeness (QED) is 0.309. The molecule has 1 N–H and O–H groups in total. The summed E-state index contributed by atoms with van der Waals surface area (Å²) in [6.07, 6.45) is 3.41. The Kier molecular flexibility index (Phi) is 15.9.